The summed E-state index contributed by atoms with van der Waals surface area (Å²) >= 11 is 0. The molecule has 0 fully saturated rings. The Kier molecular flexibility index (Phi) is 3.74. The molecule has 0 spiro atoms. The smallest absolute Gasteiger partial charge is 0.258 e. The van der Waals surface area contributed by atoms with E-state index in [4.69, 9.17) is 10.3 Å². The SMILES string of the molecule is CC(C)[C@H](N)C(O)c1noc(-c2ccccc2)n1. The van der Waals surface area contributed by atoms with Crippen molar-refractivity contribution in [3.05, 3.63) is 36.2 Å². The molecular weight excluding hydrogens is 230 g/mol. The second-order valence-corrected chi connectivity index (χ2v) is 4.59. The van der Waals surface area contributed by atoms with Crippen molar-refractivity contribution in [3.63, 3.8) is 0 Å². The summed E-state index contributed by atoms with van der Waals surface area (Å²) in [6.07, 6.45) is -0.911. The molecule has 2 aromatic rings. The van der Waals surface area contributed by atoms with Crippen molar-refractivity contribution in [1.82, 2.24) is 10.1 Å². The fourth-order valence-electron chi connectivity index (χ4n) is 1.59. The first-order valence-corrected chi connectivity index (χ1v) is 5.92. The van der Waals surface area contributed by atoms with Crippen LogP contribution in [0.2, 0.25) is 0 Å². The van der Waals surface area contributed by atoms with Crippen molar-refractivity contribution in [2.45, 2.75) is 26.0 Å². The van der Waals surface area contributed by atoms with E-state index in [0.29, 0.717) is 5.89 Å². The van der Waals surface area contributed by atoms with Crippen molar-refractivity contribution in [1.29, 1.82) is 0 Å². The lowest BCUT2D eigenvalue weighted by Crippen LogP contribution is -2.34. The van der Waals surface area contributed by atoms with Crippen LogP contribution < -0.4 is 5.73 Å². The molecule has 2 rings (SSSR count). The van der Waals surface area contributed by atoms with E-state index < -0.39 is 12.1 Å². The summed E-state index contributed by atoms with van der Waals surface area (Å²) in [7, 11) is 0. The summed E-state index contributed by atoms with van der Waals surface area (Å²) in [5, 5.41) is 13.8. The van der Waals surface area contributed by atoms with Gasteiger partial charge in [0.25, 0.3) is 5.89 Å². The predicted octanol–water partition coefficient (Wildman–Crippen LogP) is 1.75. The van der Waals surface area contributed by atoms with Gasteiger partial charge in [-0.15, -0.1) is 0 Å². The van der Waals surface area contributed by atoms with Gasteiger partial charge in [0.2, 0.25) is 5.82 Å². The Labute approximate surface area is 106 Å². The van der Waals surface area contributed by atoms with E-state index >= 15 is 0 Å². The molecule has 0 aliphatic rings. The van der Waals surface area contributed by atoms with Gasteiger partial charge in [-0.1, -0.05) is 37.2 Å². The number of nitrogens with zero attached hydrogens (tertiary/aromatic N) is 2. The third-order valence-electron chi connectivity index (χ3n) is 2.86. The first-order chi connectivity index (χ1) is 8.59. The maximum Gasteiger partial charge on any atom is 0.258 e. The van der Waals surface area contributed by atoms with Gasteiger partial charge in [0, 0.05) is 11.6 Å². The highest BCUT2D eigenvalue weighted by Gasteiger charge is 2.25. The first kappa shape index (κ1) is 12.7. The highest BCUT2D eigenvalue weighted by molar-refractivity contribution is 5.52. The van der Waals surface area contributed by atoms with Crippen LogP contribution in [0.5, 0.6) is 0 Å². The van der Waals surface area contributed by atoms with E-state index in [1.807, 2.05) is 44.2 Å². The standard InChI is InChI=1S/C13H17N3O2/c1-8(2)10(14)11(17)12-15-13(18-16-12)9-6-4-3-5-7-9/h3-8,10-11,17H,14H2,1-2H3/t10-,11?/m0/s1. The van der Waals surface area contributed by atoms with Gasteiger partial charge < -0.3 is 15.4 Å². The Bertz CT molecular complexity index is 496. The van der Waals surface area contributed by atoms with Gasteiger partial charge in [0.05, 0.1) is 0 Å². The molecule has 3 N–H and O–H groups in total. The van der Waals surface area contributed by atoms with Crippen molar-refractivity contribution in [2.24, 2.45) is 11.7 Å². The number of nitrogens with two attached hydrogens (primary N) is 1. The molecule has 5 heteroatoms. The zero-order valence-electron chi connectivity index (χ0n) is 10.4. The molecule has 0 saturated heterocycles. The molecule has 2 atom stereocenters. The average Bonchev–Trinajstić information content (AvgIpc) is 2.87. The highest BCUT2D eigenvalue weighted by Crippen LogP contribution is 2.22. The fraction of sp³-hybridized carbons (Fsp3) is 0.385. The summed E-state index contributed by atoms with van der Waals surface area (Å²) in [4.78, 5) is 4.18. The number of aliphatic hydroxyl groups is 1. The lowest BCUT2D eigenvalue weighted by Gasteiger charge is -2.18. The minimum Gasteiger partial charge on any atom is -0.383 e. The second kappa shape index (κ2) is 5.29. The number of aromatic nitrogens is 2. The number of aliphatic hydroxyl groups excluding tert-OH is 1. The van der Waals surface area contributed by atoms with E-state index in [-0.39, 0.29) is 11.7 Å². The molecule has 96 valence electrons. The van der Waals surface area contributed by atoms with Gasteiger partial charge in [-0.25, -0.2) is 0 Å². The molecule has 1 unspecified atom stereocenters. The van der Waals surface area contributed by atoms with Crippen LogP contribution in [-0.4, -0.2) is 21.3 Å². The Balaban J connectivity index is 2.21. The van der Waals surface area contributed by atoms with Crippen LogP contribution in [0.3, 0.4) is 0 Å². The maximum atomic E-state index is 10.0. The molecule has 0 bridgehead atoms. The number of hydrogen-bond donors (Lipinski definition) is 2. The van der Waals surface area contributed by atoms with E-state index in [2.05, 4.69) is 10.1 Å². The van der Waals surface area contributed by atoms with Crippen LogP contribution in [-0.2, 0) is 0 Å². The quantitative estimate of drug-likeness (QED) is 0.859. The van der Waals surface area contributed by atoms with Crippen LogP contribution in [0, 0.1) is 5.92 Å². The fourth-order valence-corrected chi connectivity index (χ4v) is 1.59. The van der Waals surface area contributed by atoms with E-state index in [9.17, 15) is 5.11 Å². The summed E-state index contributed by atoms with van der Waals surface area (Å²) in [6, 6.07) is 9.00. The minimum atomic E-state index is -0.911. The molecule has 5 nitrogen and oxygen atoms in total. The van der Waals surface area contributed by atoms with Crippen LogP contribution in [0.15, 0.2) is 34.9 Å². The number of hydrogen-bond acceptors (Lipinski definition) is 5. The molecule has 18 heavy (non-hydrogen) atoms. The first-order valence-electron chi connectivity index (χ1n) is 5.92. The molecular formula is C13H17N3O2. The molecule has 0 radical (unpaired) electrons. The van der Waals surface area contributed by atoms with Crippen LogP contribution in [0.25, 0.3) is 11.5 Å². The van der Waals surface area contributed by atoms with Gasteiger partial charge in [-0.2, -0.15) is 4.98 Å². The van der Waals surface area contributed by atoms with Crippen LogP contribution in [0.4, 0.5) is 0 Å². The Hall–Kier alpha value is -1.72. The van der Waals surface area contributed by atoms with E-state index in [0.717, 1.165) is 5.56 Å². The molecule has 1 heterocycles. The number of rotatable bonds is 4. The van der Waals surface area contributed by atoms with Crippen molar-refractivity contribution < 1.29 is 9.63 Å². The summed E-state index contributed by atoms with van der Waals surface area (Å²) in [5.41, 5.74) is 6.69. The monoisotopic (exact) mass is 247 g/mol. The second-order valence-electron chi connectivity index (χ2n) is 4.59. The maximum absolute atomic E-state index is 10.0. The topological polar surface area (TPSA) is 85.2 Å². The van der Waals surface area contributed by atoms with E-state index in [1.165, 1.54) is 0 Å². The molecule has 0 aliphatic carbocycles. The summed E-state index contributed by atoms with van der Waals surface area (Å²) in [5.74, 6) is 0.759. The van der Waals surface area contributed by atoms with Crippen molar-refractivity contribution in [3.8, 4) is 11.5 Å². The Morgan fingerprint density at radius 3 is 2.50 bits per heavy atom. The zero-order valence-corrected chi connectivity index (χ0v) is 10.4. The molecule has 0 saturated carbocycles. The average molecular weight is 247 g/mol. The predicted molar refractivity (Wildman–Crippen MR) is 67.5 cm³/mol. The van der Waals surface area contributed by atoms with Crippen molar-refractivity contribution >= 4 is 0 Å². The molecule has 0 amide bonds. The van der Waals surface area contributed by atoms with Crippen LogP contribution in [0.1, 0.15) is 25.8 Å². The third kappa shape index (κ3) is 2.57. The third-order valence-corrected chi connectivity index (χ3v) is 2.86. The highest BCUT2D eigenvalue weighted by atomic mass is 16.5. The number of benzene rings is 1. The summed E-state index contributed by atoms with van der Waals surface area (Å²) in [6.45, 7) is 3.87. The molecule has 1 aromatic carbocycles. The molecule has 0 aliphatic heterocycles. The lowest BCUT2D eigenvalue weighted by molar-refractivity contribution is 0.114. The zero-order chi connectivity index (χ0) is 13.1. The Morgan fingerprint density at radius 1 is 1.22 bits per heavy atom. The minimum absolute atomic E-state index is 0.138. The normalized spacial score (nSPS) is 14.7. The van der Waals surface area contributed by atoms with Crippen molar-refractivity contribution in [2.75, 3.05) is 0 Å². The van der Waals surface area contributed by atoms with Gasteiger partial charge in [-0.3, -0.25) is 0 Å². The van der Waals surface area contributed by atoms with Gasteiger partial charge in [0.1, 0.15) is 6.10 Å². The lowest BCUT2D eigenvalue weighted by atomic mass is 9.99. The molecule has 1 aromatic heterocycles. The van der Waals surface area contributed by atoms with Crippen LogP contribution >= 0.6 is 0 Å². The summed E-state index contributed by atoms with van der Waals surface area (Å²) < 4.78 is 5.13. The van der Waals surface area contributed by atoms with E-state index in [1.54, 1.807) is 0 Å². The van der Waals surface area contributed by atoms with Gasteiger partial charge in [-0.05, 0) is 18.1 Å². The van der Waals surface area contributed by atoms with Gasteiger partial charge >= 0.3 is 0 Å². The van der Waals surface area contributed by atoms with Gasteiger partial charge in [0.15, 0.2) is 0 Å². The largest absolute Gasteiger partial charge is 0.383 e. The Morgan fingerprint density at radius 2 is 1.89 bits per heavy atom.